The first kappa shape index (κ1) is 16.5. The summed E-state index contributed by atoms with van der Waals surface area (Å²) < 4.78 is 5.09. The van der Waals surface area contributed by atoms with Crippen molar-refractivity contribution < 1.29 is 26.9 Å². The highest BCUT2D eigenvalue weighted by Gasteiger charge is 2.11. The van der Waals surface area contributed by atoms with Crippen molar-refractivity contribution in [2.45, 2.75) is 25.8 Å². The fourth-order valence-electron chi connectivity index (χ4n) is 2.13. The number of furan rings is 1. The Morgan fingerprint density at radius 2 is 1.95 bits per heavy atom. The van der Waals surface area contributed by atoms with Crippen molar-refractivity contribution in [3.8, 4) is 0 Å². The Morgan fingerprint density at radius 3 is 2.60 bits per heavy atom. The Morgan fingerprint density at radius 1 is 1.20 bits per heavy atom. The lowest BCUT2D eigenvalue weighted by Gasteiger charge is -2.10. The van der Waals surface area contributed by atoms with Gasteiger partial charge in [-0.05, 0) is 24.6 Å². The van der Waals surface area contributed by atoms with Crippen molar-refractivity contribution >= 4 is 5.78 Å². The third-order valence-corrected chi connectivity index (χ3v) is 3.14. The van der Waals surface area contributed by atoms with Gasteiger partial charge in [0.1, 0.15) is 0 Å². The van der Waals surface area contributed by atoms with Crippen LogP contribution in [0.1, 0.15) is 29.5 Å². The van der Waals surface area contributed by atoms with E-state index in [1.807, 2.05) is 6.07 Å². The standard InChI is InChI=1S/C16H19NO2.ClH/c1-13(12-14-6-3-2-4-7-14)17-10-9-15(18)16-8-5-11-19-16;/h2-8,11,13,17H,9-10,12H2,1H3;1H. The van der Waals surface area contributed by atoms with Crippen molar-refractivity contribution in [1.29, 1.82) is 0 Å². The molecule has 1 heterocycles. The molecule has 3 nitrogen and oxygen atoms in total. The summed E-state index contributed by atoms with van der Waals surface area (Å²) >= 11 is 0. The smallest absolute Gasteiger partial charge is 0.203 e. The van der Waals surface area contributed by atoms with E-state index < -0.39 is 0 Å². The molecule has 1 unspecified atom stereocenters. The first-order valence-electron chi connectivity index (χ1n) is 6.69. The summed E-state index contributed by atoms with van der Waals surface area (Å²) in [7, 11) is 0. The quantitative estimate of drug-likeness (QED) is 0.669. The van der Waals surface area contributed by atoms with Gasteiger partial charge in [0.25, 0.3) is 0 Å². The van der Waals surface area contributed by atoms with Crippen LogP contribution in [-0.2, 0) is 6.42 Å². The number of Topliss-reactive ketones (excluding diaryl/α,β-unsaturated/α-hetero) is 1. The van der Waals surface area contributed by atoms with E-state index in [0.717, 1.165) is 13.0 Å². The van der Waals surface area contributed by atoms with Crippen LogP contribution in [0.4, 0.5) is 0 Å². The normalized spacial score (nSPS) is 11.7. The second kappa shape index (κ2) is 8.56. The average Bonchev–Trinajstić information content (AvgIpc) is 2.93. The molecule has 0 fully saturated rings. The monoisotopic (exact) mass is 293 g/mol. The van der Waals surface area contributed by atoms with Crippen LogP contribution in [0, 0.1) is 0 Å². The fourth-order valence-corrected chi connectivity index (χ4v) is 2.13. The molecular weight excluding hydrogens is 274 g/mol. The molecule has 20 heavy (non-hydrogen) atoms. The second-order valence-corrected chi connectivity index (χ2v) is 4.84. The molecule has 0 aliphatic rings. The van der Waals surface area contributed by atoms with Crippen LogP contribution < -0.4 is 17.7 Å². The van der Waals surface area contributed by atoms with Crippen LogP contribution in [0.3, 0.4) is 0 Å². The number of quaternary nitrogens is 1. The summed E-state index contributed by atoms with van der Waals surface area (Å²) in [5.74, 6) is 0.539. The first-order valence-corrected chi connectivity index (χ1v) is 6.69. The average molecular weight is 294 g/mol. The number of carbonyl (C=O) groups is 1. The van der Waals surface area contributed by atoms with Crippen LogP contribution in [0.2, 0.25) is 0 Å². The van der Waals surface area contributed by atoms with Crippen molar-refractivity contribution in [3.63, 3.8) is 0 Å². The summed E-state index contributed by atoms with van der Waals surface area (Å²) in [5.41, 5.74) is 1.34. The molecule has 2 rings (SSSR count). The highest BCUT2D eigenvalue weighted by molar-refractivity contribution is 5.93. The molecule has 1 aromatic heterocycles. The maximum Gasteiger partial charge on any atom is 0.203 e. The van der Waals surface area contributed by atoms with Crippen molar-refractivity contribution in [1.82, 2.24) is 0 Å². The number of ketones is 1. The Bertz CT molecular complexity index is 496. The Kier molecular flexibility index (Phi) is 7.05. The number of carbonyl (C=O) groups excluding carboxylic acids is 1. The Hall–Kier alpha value is -1.58. The van der Waals surface area contributed by atoms with Gasteiger partial charge < -0.3 is 22.1 Å². The van der Waals surface area contributed by atoms with Gasteiger partial charge in [-0.2, -0.15) is 0 Å². The van der Waals surface area contributed by atoms with E-state index in [9.17, 15) is 4.79 Å². The minimum absolute atomic E-state index is 0. The highest BCUT2D eigenvalue weighted by Crippen LogP contribution is 2.03. The van der Waals surface area contributed by atoms with Crippen LogP contribution in [0.15, 0.2) is 53.1 Å². The highest BCUT2D eigenvalue weighted by atomic mass is 35.5. The molecule has 0 radical (unpaired) electrons. The maximum absolute atomic E-state index is 11.7. The second-order valence-electron chi connectivity index (χ2n) is 4.84. The molecule has 108 valence electrons. The summed E-state index contributed by atoms with van der Waals surface area (Å²) in [6.45, 7) is 2.98. The van der Waals surface area contributed by atoms with Crippen LogP contribution >= 0.6 is 0 Å². The number of benzene rings is 1. The first-order chi connectivity index (χ1) is 9.25. The summed E-state index contributed by atoms with van der Waals surface area (Å²) in [5, 5.41) is 2.22. The van der Waals surface area contributed by atoms with Crippen molar-refractivity contribution in [2.75, 3.05) is 6.54 Å². The molecule has 0 bridgehead atoms. The van der Waals surface area contributed by atoms with Gasteiger partial charge in [-0.25, -0.2) is 0 Å². The van der Waals surface area contributed by atoms with Gasteiger partial charge in [0, 0.05) is 6.42 Å². The molecule has 0 saturated heterocycles. The van der Waals surface area contributed by atoms with Gasteiger partial charge in [-0.3, -0.25) is 4.79 Å². The molecule has 1 atom stereocenters. The van der Waals surface area contributed by atoms with Gasteiger partial charge >= 0.3 is 0 Å². The molecule has 2 aromatic rings. The Labute approximate surface area is 125 Å². The van der Waals surface area contributed by atoms with E-state index in [1.54, 1.807) is 12.1 Å². The number of nitrogens with two attached hydrogens (primary N) is 1. The SMILES string of the molecule is CC(Cc1ccccc1)[NH2+]CCC(=O)c1ccco1.[Cl-]. The molecule has 1 aromatic carbocycles. The van der Waals surface area contributed by atoms with Crippen molar-refractivity contribution in [2.24, 2.45) is 0 Å². The van der Waals surface area contributed by atoms with E-state index >= 15 is 0 Å². The van der Waals surface area contributed by atoms with Gasteiger partial charge in [-0.1, -0.05) is 30.3 Å². The van der Waals surface area contributed by atoms with Crippen molar-refractivity contribution in [3.05, 3.63) is 60.1 Å². The molecule has 0 aliphatic heterocycles. The fraction of sp³-hybridized carbons (Fsp3) is 0.312. The van der Waals surface area contributed by atoms with Gasteiger partial charge in [-0.15, -0.1) is 0 Å². The zero-order valence-electron chi connectivity index (χ0n) is 11.6. The van der Waals surface area contributed by atoms with E-state index in [-0.39, 0.29) is 18.2 Å². The summed E-state index contributed by atoms with van der Waals surface area (Å²) in [6.07, 6.45) is 3.08. The molecule has 0 saturated carbocycles. The Balaban J connectivity index is 0.00000200. The van der Waals surface area contributed by atoms with Gasteiger partial charge in [0.2, 0.25) is 5.78 Å². The predicted octanol–water partition coefficient (Wildman–Crippen LogP) is -0.949. The number of halogens is 1. The molecule has 2 N–H and O–H groups in total. The third-order valence-electron chi connectivity index (χ3n) is 3.14. The molecule has 0 spiro atoms. The summed E-state index contributed by atoms with van der Waals surface area (Å²) in [4.78, 5) is 11.7. The van der Waals surface area contributed by atoms with E-state index in [1.165, 1.54) is 11.8 Å². The van der Waals surface area contributed by atoms with E-state index in [4.69, 9.17) is 4.42 Å². The van der Waals surface area contributed by atoms with Crippen LogP contribution in [0.25, 0.3) is 0 Å². The van der Waals surface area contributed by atoms with Crippen LogP contribution in [0.5, 0.6) is 0 Å². The topological polar surface area (TPSA) is 46.8 Å². The lowest BCUT2D eigenvalue weighted by molar-refractivity contribution is -0.684. The third kappa shape index (κ3) is 5.19. The summed E-state index contributed by atoms with van der Waals surface area (Å²) in [6, 6.07) is 14.4. The lowest BCUT2D eigenvalue weighted by Crippen LogP contribution is -3.00. The maximum atomic E-state index is 11.7. The van der Waals surface area contributed by atoms with Crippen LogP contribution in [-0.4, -0.2) is 18.4 Å². The largest absolute Gasteiger partial charge is 1.00 e. The number of hydrogen-bond donors (Lipinski definition) is 1. The lowest BCUT2D eigenvalue weighted by atomic mass is 10.1. The predicted molar refractivity (Wildman–Crippen MR) is 74.1 cm³/mol. The molecule has 0 amide bonds. The van der Waals surface area contributed by atoms with Gasteiger partial charge in [0.15, 0.2) is 5.76 Å². The number of hydrogen-bond acceptors (Lipinski definition) is 2. The zero-order chi connectivity index (χ0) is 13.5. The molecule has 0 aliphatic carbocycles. The van der Waals surface area contributed by atoms with E-state index in [2.05, 4.69) is 36.5 Å². The zero-order valence-corrected chi connectivity index (χ0v) is 12.3. The van der Waals surface area contributed by atoms with E-state index in [0.29, 0.717) is 18.2 Å². The number of rotatable bonds is 7. The minimum Gasteiger partial charge on any atom is -1.00 e. The molecule has 4 heteroatoms. The minimum atomic E-state index is 0. The van der Waals surface area contributed by atoms with Gasteiger partial charge in [0.05, 0.1) is 25.3 Å². The molecular formula is C16H20ClNO2.